The summed E-state index contributed by atoms with van der Waals surface area (Å²) in [7, 11) is 0. The van der Waals surface area contributed by atoms with Gasteiger partial charge in [-0.3, -0.25) is 4.79 Å². The monoisotopic (exact) mass is 565 g/mol. The Hall–Kier alpha value is -2.80. The third-order valence-corrected chi connectivity index (χ3v) is 8.01. The molecule has 1 amide bonds. The minimum Gasteiger partial charge on any atom is -0.317 e. The molecule has 0 fully saturated rings. The second kappa shape index (κ2) is 11.3. The van der Waals surface area contributed by atoms with E-state index in [9.17, 15) is 4.79 Å². The molecule has 0 aliphatic heterocycles. The predicted octanol–water partition coefficient (Wildman–Crippen LogP) is 7.87. The Bertz CT molecular complexity index is 1380. The summed E-state index contributed by atoms with van der Waals surface area (Å²) < 4.78 is 3.14. The lowest BCUT2D eigenvalue weighted by Crippen LogP contribution is -2.17. The molecular formula is C28H25BrClN3OS. The van der Waals surface area contributed by atoms with Crippen molar-refractivity contribution in [2.75, 3.05) is 0 Å². The molecule has 1 N–H and O–H groups in total. The lowest BCUT2D eigenvalue weighted by Gasteiger charge is -2.10. The van der Waals surface area contributed by atoms with Crippen molar-refractivity contribution in [3.63, 3.8) is 0 Å². The highest BCUT2D eigenvalue weighted by Crippen LogP contribution is 2.30. The fourth-order valence-corrected chi connectivity index (χ4v) is 5.35. The molecule has 0 saturated heterocycles. The molecule has 1 heterocycles. The standard InChI is InChI=1S/C28H25BrClN3OS/c1-18-5-4-6-24(15-18)33-19(2)26(27(29)20(33)3)16-31-32-28(34)22-9-7-21(8-10-22)17-35-25-13-11-23(30)12-14-25/h4-16H,17H2,1-3H3,(H,32,34)/b31-16-. The average Bonchev–Trinajstić information content (AvgIpc) is 3.07. The number of rotatable bonds is 7. The summed E-state index contributed by atoms with van der Waals surface area (Å²) in [4.78, 5) is 13.8. The molecule has 7 heteroatoms. The normalized spacial score (nSPS) is 11.2. The van der Waals surface area contributed by atoms with Crippen LogP contribution in [-0.4, -0.2) is 16.7 Å². The van der Waals surface area contributed by atoms with Gasteiger partial charge in [0.1, 0.15) is 0 Å². The topological polar surface area (TPSA) is 46.4 Å². The molecule has 178 valence electrons. The number of thioether (sulfide) groups is 1. The van der Waals surface area contributed by atoms with Gasteiger partial charge >= 0.3 is 0 Å². The number of carbonyl (C=O) groups excluding carboxylic acids is 1. The number of hydrogen-bond donors (Lipinski definition) is 1. The number of nitrogens with one attached hydrogen (secondary N) is 1. The van der Waals surface area contributed by atoms with Crippen molar-refractivity contribution < 1.29 is 4.79 Å². The number of amides is 1. The van der Waals surface area contributed by atoms with Crippen molar-refractivity contribution >= 4 is 51.4 Å². The molecule has 0 spiro atoms. The Balaban J connectivity index is 1.40. The summed E-state index contributed by atoms with van der Waals surface area (Å²) in [6.45, 7) is 6.18. The zero-order valence-corrected chi connectivity index (χ0v) is 22.8. The van der Waals surface area contributed by atoms with E-state index in [1.165, 1.54) is 5.56 Å². The van der Waals surface area contributed by atoms with Crippen molar-refractivity contribution in [3.05, 3.63) is 116 Å². The van der Waals surface area contributed by atoms with Crippen LogP contribution in [-0.2, 0) is 5.75 Å². The third-order valence-electron chi connectivity index (χ3n) is 5.67. The number of nitrogens with zero attached hydrogens (tertiary/aromatic N) is 2. The van der Waals surface area contributed by atoms with E-state index in [-0.39, 0.29) is 5.91 Å². The van der Waals surface area contributed by atoms with Gasteiger partial charge in [-0.15, -0.1) is 11.8 Å². The fourth-order valence-electron chi connectivity index (χ4n) is 3.80. The molecule has 0 bridgehead atoms. The lowest BCUT2D eigenvalue weighted by atomic mass is 10.1. The average molecular weight is 567 g/mol. The van der Waals surface area contributed by atoms with Gasteiger partial charge in [-0.2, -0.15) is 5.10 Å². The van der Waals surface area contributed by atoms with Gasteiger partial charge in [0, 0.05) is 48.3 Å². The Kier molecular flexibility index (Phi) is 8.16. The van der Waals surface area contributed by atoms with E-state index in [2.05, 4.69) is 63.1 Å². The summed E-state index contributed by atoms with van der Waals surface area (Å²) in [5.74, 6) is 0.563. The van der Waals surface area contributed by atoms with Crippen LogP contribution in [0.2, 0.25) is 5.02 Å². The largest absolute Gasteiger partial charge is 0.317 e. The van der Waals surface area contributed by atoms with E-state index in [0.29, 0.717) is 5.56 Å². The molecule has 35 heavy (non-hydrogen) atoms. The van der Waals surface area contributed by atoms with Crippen LogP contribution in [0.4, 0.5) is 0 Å². The first-order valence-electron chi connectivity index (χ1n) is 11.1. The van der Waals surface area contributed by atoms with Crippen molar-refractivity contribution in [2.24, 2.45) is 5.10 Å². The maximum Gasteiger partial charge on any atom is 0.271 e. The Morgan fingerprint density at radius 1 is 1.03 bits per heavy atom. The quantitative estimate of drug-likeness (QED) is 0.141. The van der Waals surface area contributed by atoms with Crippen LogP contribution < -0.4 is 5.43 Å². The van der Waals surface area contributed by atoms with Crippen LogP contribution in [0.1, 0.15) is 38.4 Å². The van der Waals surface area contributed by atoms with Gasteiger partial charge in [-0.1, -0.05) is 35.9 Å². The molecule has 0 saturated carbocycles. The SMILES string of the molecule is Cc1cccc(-n2c(C)c(Br)c(/C=N\NC(=O)c3ccc(CSc4ccc(Cl)cc4)cc3)c2C)c1. The maximum absolute atomic E-state index is 12.6. The molecule has 4 nitrogen and oxygen atoms in total. The highest BCUT2D eigenvalue weighted by Gasteiger charge is 2.16. The van der Waals surface area contributed by atoms with Crippen molar-refractivity contribution in [3.8, 4) is 5.69 Å². The third kappa shape index (κ3) is 6.07. The number of halogens is 2. The zero-order chi connectivity index (χ0) is 24.9. The van der Waals surface area contributed by atoms with E-state index in [4.69, 9.17) is 11.6 Å². The second-order valence-corrected chi connectivity index (χ2v) is 10.5. The summed E-state index contributed by atoms with van der Waals surface area (Å²) >= 11 is 11.4. The fraction of sp³-hybridized carbons (Fsp3) is 0.143. The van der Waals surface area contributed by atoms with Gasteiger partial charge in [0.2, 0.25) is 0 Å². The molecule has 0 unspecified atom stereocenters. The van der Waals surface area contributed by atoms with Gasteiger partial charge in [0.05, 0.1) is 6.21 Å². The highest BCUT2D eigenvalue weighted by atomic mass is 79.9. The number of hydrogen-bond acceptors (Lipinski definition) is 3. The summed E-state index contributed by atoms with van der Waals surface area (Å²) in [5, 5.41) is 4.96. The zero-order valence-electron chi connectivity index (χ0n) is 19.7. The van der Waals surface area contributed by atoms with Gasteiger partial charge in [0.25, 0.3) is 5.91 Å². The Labute approximate surface area is 223 Å². The number of carbonyl (C=O) groups is 1. The van der Waals surface area contributed by atoms with Crippen LogP contribution in [0.3, 0.4) is 0 Å². The Morgan fingerprint density at radius 2 is 1.74 bits per heavy atom. The minimum atomic E-state index is -0.248. The molecule has 3 aromatic carbocycles. The van der Waals surface area contributed by atoms with E-state index in [0.717, 1.165) is 48.3 Å². The number of hydrazone groups is 1. The first-order valence-corrected chi connectivity index (χ1v) is 13.2. The molecule has 0 aliphatic carbocycles. The van der Waals surface area contributed by atoms with Gasteiger partial charge in [-0.25, -0.2) is 5.43 Å². The number of benzene rings is 3. The van der Waals surface area contributed by atoms with E-state index < -0.39 is 0 Å². The maximum atomic E-state index is 12.6. The van der Waals surface area contributed by atoms with E-state index in [1.807, 2.05) is 61.5 Å². The van der Waals surface area contributed by atoms with Gasteiger partial charge in [-0.05, 0) is 96.4 Å². The van der Waals surface area contributed by atoms with Crippen LogP contribution in [0, 0.1) is 20.8 Å². The van der Waals surface area contributed by atoms with E-state index in [1.54, 1.807) is 18.0 Å². The highest BCUT2D eigenvalue weighted by molar-refractivity contribution is 9.10. The minimum absolute atomic E-state index is 0.248. The number of aryl methyl sites for hydroxylation is 1. The second-order valence-electron chi connectivity index (χ2n) is 8.21. The molecule has 4 rings (SSSR count). The molecule has 0 atom stereocenters. The van der Waals surface area contributed by atoms with Crippen LogP contribution in [0.15, 0.2) is 87.3 Å². The molecule has 1 aromatic heterocycles. The number of aromatic nitrogens is 1. The summed E-state index contributed by atoms with van der Waals surface area (Å²) in [6, 6.07) is 23.7. The molecule has 4 aromatic rings. The Morgan fingerprint density at radius 3 is 2.43 bits per heavy atom. The van der Waals surface area contributed by atoms with Crippen molar-refractivity contribution in [2.45, 2.75) is 31.4 Å². The summed E-state index contributed by atoms with van der Waals surface area (Å²) in [6.07, 6.45) is 1.69. The molecule has 0 aliphatic rings. The van der Waals surface area contributed by atoms with Crippen LogP contribution in [0.5, 0.6) is 0 Å². The van der Waals surface area contributed by atoms with Crippen LogP contribution >= 0.6 is 39.3 Å². The van der Waals surface area contributed by atoms with Crippen molar-refractivity contribution in [1.29, 1.82) is 0 Å². The lowest BCUT2D eigenvalue weighted by molar-refractivity contribution is 0.0955. The molecular weight excluding hydrogens is 542 g/mol. The first kappa shape index (κ1) is 25.3. The first-order chi connectivity index (χ1) is 16.8. The van der Waals surface area contributed by atoms with Gasteiger partial charge in [0.15, 0.2) is 0 Å². The molecule has 0 radical (unpaired) electrons. The van der Waals surface area contributed by atoms with Gasteiger partial charge < -0.3 is 4.57 Å². The van der Waals surface area contributed by atoms with Crippen molar-refractivity contribution in [1.82, 2.24) is 9.99 Å². The summed E-state index contributed by atoms with van der Waals surface area (Å²) in [5.41, 5.74) is 9.69. The smallest absolute Gasteiger partial charge is 0.271 e. The van der Waals surface area contributed by atoms with Crippen LogP contribution in [0.25, 0.3) is 5.69 Å². The van der Waals surface area contributed by atoms with E-state index >= 15 is 0 Å². The predicted molar refractivity (Wildman–Crippen MR) is 150 cm³/mol.